The lowest BCUT2D eigenvalue weighted by Crippen LogP contribution is -2.45. The van der Waals surface area contributed by atoms with Crippen molar-refractivity contribution in [2.24, 2.45) is 5.92 Å². The van der Waals surface area contributed by atoms with Gasteiger partial charge in [0.1, 0.15) is 11.4 Å². The highest BCUT2D eigenvalue weighted by molar-refractivity contribution is 5.21. The van der Waals surface area contributed by atoms with Crippen molar-refractivity contribution in [3.63, 3.8) is 0 Å². The van der Waals surface area contributed by atoms with Crippen LogP contribution in [0, 0.1) is 5.92 Å². The average molecular weight is 276 g/mol. The van der Waals surface area contributed by atoms with Crippen LogP contribution in [0.4, 0.5) is 0 Å². The summed E-state index contributed by atoms with van der Waals surface area (Å²) in [7, 11) is 0. The highest BCUT2D eigenvalue weighted by atomic mass is 16.5. The predicted octanol–water partition coefficient (Wildman–Crippen LogP) is 3.58. The van der Waals surface area contributed by atoms with Crippen LogP contribution in [-0.2, 0) is 6.42 Å². The molecule has 1 aliphatic rings. The Morgan fingerprint density at radius 1 is 1.30 bits per heavy atom. The van der Waals surface area contributed by atoms with Crippen molar-refractivity contribution >= 4 is 0 Å². The molecule has 0 atom stereocenters. The summed E-state index contributed by atoms with van der Waals surface area (Å²) < 4.78 is 5.79. The fraction of sp³-hybridized carbons (Fsp3) is 0.706. The molecule has 0 bridgehead atoms. The Balaban J connectivity index is 1.78. The van der Waals surface area contributed by atoms with Crippen molar-refractivity contribution in [2.45, 2.75) is 71.6 Å². The van der Waals surface area contributed by atoms with Crippen LogP contribution in [0.15, 0.2) is 18.3 Å². The quantitative estimate of drug-likeness (QED) is 0.892. The number of hydrogen-bond acceptors (Lipinski definition) is 3. The van der Waals surface area contributed by atoms with Crippen LogP contribution < -0.4 is 10.1 Å². The summed E-state index contributed by atoms with van der Waals surface area (Å²) in [6.45, 7) is 10.6. The molecule has 0 unspecified atom stereocenters. The highest BCUT2D eigenvalue weighted by Crippen LogP contribution is 2.30. The minimum Gasteiger partial charge on any atom is -0.487 e. The van der Waals surface area contributed by atoms with E-state index >= 15 is 0 Å². The number of pyridine rings is 1. The van der Waals surface area contributed by atoms with Crippen LogP contribution in [0.5, 0.6) is 5.75 Å². The third-order valence-corrected chi connectivity index (χ3v) is 3.52. The van der Waals surface area contributed by atoms with E-state index in [0.717, 1.165) is 18.1 Å². The average Bonchev–Trinajstić information content (AvgIpc) is 2.26. The monoisotopic (exact) mass is 276 g/mol. The summed E-state index contributed by atoms with van der Waals surface area (Å²) in [6, 6.07) is 5.44. The Morgan fingerprint density at radius 2 is 2.00 bits per heavy atom. The molecule has 0 radical (unpaired) electrons. The van der Waals surface area contributed by atoms with Crippen molar-refractivity contribution < 1.29 is 4.74 Å². The Bertz CT molecular complexity index is 414. The first-order chi connectivity index (χ1) is 9.32. The van der Waals surface area contributed by atoms with E-state index in [2.05, 4.69) is 51.0 Å². The minimum absolute atomic E-state index is 0.160. The maximum absolute atomic E-state index is 5.79. The molecule has 0 aliphatic heterocycles. The fourth-order valence-electron chi connectivity index (χ4n) is 2.75. The third kappa shape index (κ3) is 4.78. The van der Waals surface area contributed by atoms with Gasteiger partial charge in [-0.15, -0.1) is 0 Å². The molecule has 3 heteroatoms. The van der Waals surface area contributed by atoms with Gasteiger partial charge in [-0.05, 0) is 58.1 Å². The van der Waals surface area contributed by atoms with Crippen LogP contribution in [0.3, 0.4) is 0 Å². The largest absolute Gasteiger partial charge is 0.487 e. The lowest BCUT2D eigenvalue weighted by molar-refractivity contribution is 0.130. The highest BCUT2D eigenvalue weighted by Gasteiger charge is 2.29. The first kappa shape index (κ1) is 15.3. The van der Waals surface area contributed by atoms with Crippen LogP contribution in [0.25, 0.3) is 0 Å². The lowest BCUT2D eigenvalue weighted by atomic mass is 9.77. The molecular weight excluding hydrogens is 248 g/mol. The zero-order valence-electron chi connectivity index (χ0n) is 13.4. The summed E-state index contributed by atoms with van der Waals surface area (Å²) >= 11 is 0. The first-order valence-electron chi connectivity index (χ1n) is 7.72. The van der Waals surface area contributed by atoms with Crippen molar-refractivity contribution in [2.75, 3.05) is 0 Å². The van der Waals surface area contributed by atoms with Crippen molar-refractivity contribution in [1.82, 2.24) is 10.3 Å². The van der Waals surface area contributed by atoms with E-state index in [9.17, 15) is 0 Å². The number of aromatic nitrogens is 1. The summed E-state index contributed by atoms with van der Waals surface area (Å²) in [6.07, 6.45) is 5.50. The van der Waals surface area contributed by atoms with E-state index in [1.54, 1.807) is 0 Å². The van der Waals surface area contributed by atoms with E-state index in [-0.39, 0.29) is 5.60 Å². The number of nitrogens with one attached hydrogen (secondary N) is 1. The molecule has 1 saturated carbocycles. The summed E-state index contributed by atoms with van der Waals surface area (Å²) in [5.74, 6) is 1.64. The SMILES string of the molecule is CC(C)NC1CC(Cc2ccc(OC(C)(C)C)cn2)C1. The molecule has 2 rings (SSSR count). The second kappa shape index (κ2) is 6.13. The summed E-state index contributed by atoms with van der Waals surface area (Å²) in [5, 5.41) is 3.59. The molecule has 0 saturated heterocycles. The summed E-state index contributed by atoms with van der Waals surface area (Å²) in [4.78, 5) is 4.53. The van der Waals surface area contributed by atoms with Gasteiger partial charge < -0.3 is 10.1 Å². The molecule has 1 heterocycles. The van der Waals surface area contributed by atoms with E-state index in [1.165, 1.54) is 18.5 Å². The normalized spacial score (nSPS) is 22.7. The predicted molar refractivity (Wildman–Crippen MR) is 83.1 cm³/mol. The molecule has 3 nitrogen and oxygen atoms in total. The van der Waals surface area contributed by atoms with Crippen molar-refractivity contribution in [3.05, 3.63) is 24.0 Å². The van der Waals surface area contributed by atoms with Crippen LogP contribution >= 0.6 is 0 Å². The molecule has 1 fully saturated rings. The molecule has 0 aromatic carbocycles. The van der Waals surface area contributed by atoms with E-state index in [1.807, 2.05) is 12.3 Å². The van der Waals surface area contributed by atoms with Crippen molar-refractivity contribution in [1.29, 1.82) is 0 Å². The Hall–Kier alpha value is -1.09. The molecule has 20 heavy (non-hydrogen) atoms. The van der Waals surface area contributed by atoms with Gasteiger partial charge in [0.05, 0.1) is 6.20 Å². The molecular formula is C17H28N2O. The topological polar surface area (TPSA) is 34.1 Å². The van der Waals surface area contributed by atoms with Gasteiger partial charge >= 0.3 is 0 Å². The standard InChI is InChI=1S/C17H28N2O/c1-12(2)19-15-9-13(10-15)8-14-6-7-16(11-18-14)20-17(3,4)5/h6-7,11-13,15,19H,8-10H2,1-5H3. The zero-order chi connectivity index (χ0) is 14.8. The number of ether oxygens (including phenoxy) is 1. The van der Waals surface area contributed by atoms with Gasteiger partial charge in [-0.1, -0.05) is 13.8 Å². The Labute approximate surface area is 123 Å². The molecule has 0 amide bonds. The summed E-state index contributed by atoms with van der Waals surface area (Å²) in [5.41, 5.74) is 1.02. The second-order valence-corrected chi connectivity index (χ2v) is 7.26. The maximum atomic E-state index is 5.79. The van der Waals surface area contributed by atoms with Crippen molar-refractivity contribution in [3.8, 4) is 5.75 Å². The fourth-order valence-corrected chi connectivity index (χ4v) is 2.75. The van der Waals surface area contributed by atoms with E-state index in [4.69, 9.17) is 4.74 Å². The molecule has 1 aliphatic carbocycles. The smallest absolute Gasteiger partial charge is 0.138 e. The number of nitrogens with zero attached hydrogens (tertiary/aromatic N) is 1. The molecule has 0 spiro atoms. The maximum Gasteiger partial charge on any atom is 0.138 e. The molecule has 1 N–H and O–H groups in total. The number of hydrogen-bond donors (Lipinski definition) is 1. The van der Waals surface area contributed by atoms with Crippen LogP contribution in [-0.4, -0.2) is 22.7 Å². The lowest BCUT2D eigenvalue weighted by Gasteiger charge is -2.37. The molecule has 1 aromatic heterocycles. The Kier molecular flexibility index (Phi) is 4.69. The van der Waals surface area contributed by atoms with E-state index in [0.29, 0.717) is 12.1 Å². The third-order valence-electron chi connectivity index (χ3n) is 3.52. The van der Waals surface area contributed by atoms with Gasteiger partial charge in [-0.25, -0.2) is 0 Å². The molecule has 1 aromatic rings. The zero-order valence-corrected chi connectivity index (χ0v) is 13.4. The first-order valence-corrected chi connectivity index (χ1v) is 7.72. The second-order valence-electron chi connectivity index (χ2n) is 7.26. The van der Waals surface area contributed by atoms with Crippen LogP contribution in [0.1, 0.15) is 53.2 Å². The van der Waals surface area contributed by atoms with Gasteiger partial charge in [0.25, 0.3) is 0 Å². The van der Waals surface area contributed by atoms with Gasteiger partial charge in [-0.3, -0.25) is 4.98 Å². The van der Waals surface area contributed by atoms with Crippen LogP contribution in [0.2, 0.25) is 0 Å². The van der Waals surface area contributed by atoms with Gasteiger partial charge in [0, 0.05) is 17.8 Å². The number of rotatable bonds is 5. The minimum atomic E-state index is -0.160. The molecule has 112 valence electrons. The Morgan fingerprint density at radius 3 is 2.50 bits per heavy atom. The van der Waals surface area contributed by atoms with E-state index < -0.39 is 0 Å². The van der Waals surface area contributed by atoms with Gasteiger partial charge in [-0.2, -0.15) is 0 Å². The van der Waals surface area contributed by atoms with Gasteiger partial charge in [0.2, 0.25) is 0 Å². The van der Waals surface area contributed by atoms with Gasteiger partial charge in [0.15, 0.2) is 0 Å².